The Bertz CT molecular complexity index is 1060. The third-order valence-corrected chi connectivity index (χ3v) is 4.91. The molecule has 0 atom stereocenters. The number of aryl methyl sites for hydroxylation is 2. The molecule has 0 amide bonds. The first-order valence-electron chi connectivity index (χ1n) is 8.93. The predicted octanol–water partition coefficient (Wildman–Crippen LogP) is 6.57. The Morgan fingerprint density at radius 3 is 2.04 bits per heavy atom. The molecule has 0 bridgehead atoms. The second-order valence-electron chi connectivity index (χ2n) is 6.74. The van der Waals surface area contributed by atoms with E-state index in [9.17, 15) is 0 Å². The van der Waals surface area contributed by atoms with Gasteiger partial charge in [-0.1, -0.05) is 66.7 Å². The standard InChI is InChI=1S/C24H22N2/c1-16-10-9-11-17(2)22(16)26-24-18(3)23(19-12-5-4-6-13-19)25-21-15-8-7-14-20(21)24/h4-15H,1-3H3,(H,25,26). The van der Waals surface area contributed by atoms with Gasteiger partial charge in [-0.3, -0.25) is 0 Å². The number of benzene rings is 3. The lowest BCUT2D eigenvalue weighted by molar-refractivity contribution is 1.30. The number of aromatic nitrogens is 1. The van der Waals surface area contributed by atoms with Crippen LogP contribution < -0.4 is 5.32 Å². The molecule has 2 heteroatoms. The fourth-order valence-electron chi connectivity index (χ4n) is 3.48. The van der Waals surface area contributed by atoms with Crippen LogP contribution >= 0.6 is 0 Å². The van der Waals surface area contributed by atoms with E-state index in [1.807, 2.05) is 12.1 Å². The van der Waals surface area contributed by atoms with Crippen LogP contribution in [0.15, 0.2) is 72.8 Å². The molecule has 3 aromatic carbocycles. The van der Waals surface area contributed by atoms with Crippen LogP contribution in [0.25, 0.3) is 22.2 Å². The highest BCUT2D eigenvalue weighted by Gasteiger charge is 2.14. The second-order valence-corrected chi connectivity index (χ2v) is 6.74. The SMILES string of the molecule is Cc1cccc(C)c1Nc1c(C)c(-c2ccccc2)nc2ccccc12. The first-order chi connectivity index (χ1) is 12.6. The van der Waals surface area contributed by atoms with Crippen LogP contribution in [0.5, 0.6) is 0 Å². The Balaban J connectivity index is 1.97. The van der Waals surface area contributed by atoms with Gasteiger partial charge in [-0.2, -0.15) is 0 Å². The zero-order valence-electron chi connectivity index (χ0n) is 15.4. The number of rotatable bonds is 3. The number of pyridine rings is 1. The van der Waals surface area contributed by atoms with Gasteiger partial charge in [-0.05, 0) is 43.5 Å². The van der Waals surface area contributed by atoms with Crippen molar-refractivity contribution in [3.8, 4) is 11.3 Å². The van der Waals surface area contributed by atoms with Crippen molar-refractivity contribution in [3.05, 3.63) is 89.5 Å². The Morgan fingerprint density at radius 1 is 0.654 bits per heavy atom. The van der Waals surface area contributed by atoms with E-state index in [0.29, 0.717) is 0 Å². The molecule has 128 valence electrons. The topological polar surface area (TPSA) is 24.9 Å². The minimum Gasteiger partial charge on any atom is -0.354 e. The molecule has 0 unspecified atom stereocenters. The molecule has 1 heterocycles. The normalized spacial score (nSPS) is 10.9. The maximum absolute atomic E-state index is 4.95. The largest absolute Gasteiger partial charge is 0.354 e. The zero-order valence-corrected chi connectivity index (χ0v) is 15.4. The van der Waals surface area contributed by atoms with Crippen LogP contribution in [0.3, 0.4) is 0 Å². The molecule has 1 N–H and O–H groups in total. The highest BCUT2D eigenvalue weighted by Crippen LogP contribution is 2.36. The fraction of sp³-hybridized carbons (Fsp3) is 0.125. The summed E-state index contributed by atoms with van der Waals surface area (Å²) in [5.41, 5.74) is 9.12. The molecule has 0 aliphatic rings. The summed E-state index contributed by atoms with van der Waals surface area (Å²) in [5, 5.41) is 4.87. The van der Waals surface area contributed by atoms with Crippen molar-refractivity contribution in [3.63, 3.8) is 0 Å². The van der Waals surface area contributed by atoms with Crippen LogP contribution in [0.1, 0.15) is 16.7 Å². The molecule has 0 fully saturated rings. The van der Waals surface area contributed by atoms with E-state index >= 15 is 0 Å². The molecule has 0 radical (unpaired) electrons. The first kappa shape index (κ1) is 16.3. The summed E-state index contributed by atoms with van der Waals surface area (Å²) in [6.07, 6.45) is 0. The summed E-state index contributed by atoms with van der Waals surface area (Å²) in [5.74, 6) is 0. The number of para-hydroxylation sites is 2. The maximum Gasteiger partial charge on any atom is 0.0759 e. The smallest absolute Gasteiger partial charge is 0.0759 e. The van der Waals surface area contributed by atoms with E-state index < -0.39 is 0 Å². The van der Waals surface area contributed by atoms with Crippen LogP contribution in [0, 0.1) is 20.8 Å². The number of hydrogen-bond donors (Lipinski definition) is 1. The number of nitrogens with one attached hydrogen (secondary N) is 1. The number of fused-ring (bicyclic) bond motifs is 1. The van der Waals surface area contributed by atoms with E-state index in [1.54, 1.807) is 0 Å². The fourth-order valence-corrected chi connectivity index (χ4v) is 3.48. The monoisotopic (exact) mass is 338 g/mol. The third kappa shape index (κ3) is 2.84. The van der Waals surface area contributed by atoms with Crippen molar-refractivity contribution in [2.45, 2.75) is 20.8 Å². The van der Waals surface area contributed by atoms with Crippen LogP contribution in [0.2, 0.25) is 0 Å². The van der Waals surface area contributed by atoms with Gasteiger partial charge in [0.15, 0.2) is 0 Å². The van der Waals surface area contributed by atoms with Gasteiger partial charge in [0.2, 0.25) is 0 Å². The van der Waals surface area contributed by atoms with Crippen LogP contribution in [-0.4, -0.2) is 4.98 Å². The van der Waals surface area contributed by atoms with Gasteiger partial charge >= 0.3 is 0 Å². The van der Waals surface area contributed by atoms with Crippen molar-refractivity contribution in [2.24, 2.45) is 0 Å². The van der Waals surface area contributed by atoms with E-state index in [0.717, 1.165) is 33.4 Å². The molecule has 0 aliphatic carbocycles. The molecule has 4 aromatic rings. The highest BCUT2D eigenvalue weighted by molar-refractivity contribution is 5.98. The Labute approximate surface area is 154 Å². The quantitative estimate of drug-likeness (QED) is 0.457. The molecule has 2 nitrogen and oxygen atoms in total. The zero-order chi connectivity index (χ0) is 18.1. The van der Waals surface area contributed by atoms with Gasteiger partial charge in [0.1, 0.15) is 0 Å². The molecule has 0 spiro atoms. The van der Waals surface area contributed by atoms with E-state index in [4.69, 9.17) is 4.98 Å². The summed E-state index contributed by atoms with van der Waals surface area (Å²) in [6.45, 7) is 6.44. The lowest BCUT2D eigenvalue weighted by Crippen LogP contribution is -2.02. The number of nitrogens with zero attached hydrogens (tertiary/aromatic N) is 1. The van der Waals surface area contributed by atoms with Crippen molar-refractivity contribution < 1.29 is 0 Å². The second kappa shape index (κ2) is 6.64. The minimum absolute atomic E-state index is 1.01. The van der Waals surface area contributed by atoms with Crippen molar-refractivity contribution in [1.29, 1.82) is 0 Å². The lowest BCUT2D eigenvalue weighted by Gasteiger charge is -2.19. The van der Waals surface area contributed by atoms with Gasteiger partial charge in [-0.15, -0.1) is 0 Å². The van der Waals surface area contributed by atoms with Gasteiger partial charge in [-0.25, -0.2) is 4.98 Å². The van der Waals surface area contributed by atoms with Crippen molar-refractivity contribution in [2.75, 3.05) is 5.32 Å². The van der Waals surface area contributed by atoms with Gasteiger partial charge < -0.3 is 5.32 Å². The molecule has 0 aliphatic heterocycles. The Hall–Kier alpha value is -3.13. The summed E-state index contributed by atoms with van der Waals surface area (Å²) in [4.78, 5) is 4.95. The van der Waals surface area contributed by atoms with E-state index in [1.165, 1.54) is 16.8 Å². The van der Waals surface area contributed by atoms with Crippen LogP contribution in [0.4, 0.5) is 11.4 Å². The van der Waals surface area contributed by atoms with Gasteiger partial charge in [0.05, 0.1) is 16.9 Å². The van der Waals surface area contributed by atoms with E-state index in [2.05, 4.69) is 86.8 Å². The van der Waals surface area contributed by atoms with Gasteiger partial charge in [0, 0.05) is 16.6 Å². The van der Waals surface area contributed by atoms with Crippen molar-refractivity contribution >= 4 is 22.3 Å². The molecular weight excluding hydrogens is 316 g/mol. The molecule has 4 rings (SSSR count). The van der Waals surface area contributed by atoms with Crippen molar-refractivity contribution in [1.82, 2.24) is 4.98 Å². The molecule has 1 aromatic heterocycles. The van der Waals surface area contributed by atoms with E-state index in [-0.39, 0.29) is 0 Å². The number of anilines is 2. The Morgan fingerprint density at radius 2 is 1.31 bits per heavy atom. The van der Waals surface area contributed by atoms with Gasteiger partial charge in [0.25, 0.3) is 0 Å². The predicted molar refractivity (Wildman–Crippen MR) is 111 cm³/mol. The highest BCUT2D eigenvalue weighted by atomic mass is 14.9. The summed E-state index contributed by atoms with van der Waals surface area (Å²) >= 11 is 0. The number of hydrogen-bond acceptors (Lipinski definition) is 2. The molecule has 0 saturated carbocycles. The van der Waals surface area contributed by atoms with Crippen LogP contribution in [-0.2, 0) is 0 Å². The third-order valence-electron chi connectivity index (χ3n) is 4.91. The summed E-state index contributed by atoms with van der Waals surface area (Å²) in [6, 6.07) is 25.1. The first-order valence-corrected chi connectivity index (χ1v) is 8.93. The molecule has 26 heavy (non-hydrogen) atoms. The Kier molecular flexibility index (Phi) is 4.18. The maximum atomic E-state index is 4.95. The minimum atomic E-state index is 1.01. The average molecular weight is 338 g/mol. The molecular formula is C24H22N2. The lowest BCUT2D eigenvalue weighted by atomic mass is 10.0. The summed E-state index contributed by atoms with van der Waals surface area (Å²) < 4.78 is 0. The molecule has 0 saturated heterocycles. The average Bonchev–Trinajstić information content (AvgIpc) is 2.66. The summed E-state index contributed by atoms with van der Waals surface area (Å²) in [7, 11) is 0.